The summed E-state index contributed by atoms with van der Waals surface area (Å²) in [4.78, 5) is 24.4. The number of nitrogens with one attached hydrogen (secondary N) is 1. The van der Waals surface area contributed by atoms with E-state index in [0.29, 0.717) is 22.7 Å². The fraction of sp³-hybridized carbons (Fsp3) is 0.364. The van der Waals surface area contributed by atoms with Crippen LogP contribution in [0.5, 0.6) is 11.5 Å². The average molecular weight is 445 g/mol. The maximum Gasteiger partial charge on any atom is 0.338 e. The standard InChI is InChI=1S/C22H23NO7S/c1-31(26,27)14-15-5-4-6-16(11-15)21(25)28-13-20(24)23-17-7-8-18-19(12-17)30-22(29-18)9-2-3-10-22/h4-8,11-12H,2-3,9-10,13-14H2,1H3,(H,23,24). The second-order valence-electron chi connectivity index (χ2n) is 7.88. The Hall–Kier alpha value is -3.07. The lowest BCUT2D eigenvalue weighted by Crippen LogP contribution is -2.34. The Morgan fingerprint density at radius 3 is 2.55 bits per heavy atom. The highest BCUT2D eigenvalue weighted by molar-refractivity contribution is 7.89. The van der Waals surface area contributed by atoms with E-state index in [0.717, 1.165) is 31.9 Å². The molecule has 0 saturated heterocycles. The van der Waals surface area contributed by atoms with E-state index in [9.17, 15) is 18.0 Å². The van der Waals surface area contributed by atoms with E-state index >= 15 is 0 Å². The first-order valence-electron chi connectivity index (χ1n) is 9.97. The minimum Gasteiger partial charge on any atom is -0.452 e. The van der Waals surface area contributed by atoms with Crippen molar-refractivity contribution in [3.63, 3.8) is 0 Å². The van der Waals surface area contributed by atoms with Crippen LogP contribution in [0.4, 0.5) is 5.69 Å². The topological polar surface area (TPSA) is 108 Å². The molecule has 1 aliphatic heterocycles. The summed E-state index contributed by atoms with van der Waals surface area (Å²) in [6.45, 7) is -0.479. The van der Waals surface area contributed by atoms with Gasteiger partial charge in [-0.05, 0) is 42.7 Å². The van der Waals surface area contributed by atoms with Crippen molar-refractivity contribution >= 4 is 27.4 Å². The number of fused-ring (bicyclic) bond motifs is 1. The molecule has 0 radical (unpaired) electrons. The zero-order valence-electron chi connectivity index (χ0n) is 17.1. The smallest absolute Gasteiger partial charge is 0.338 e. The van der Waals surface area contributed by atoms with Gasteiger partial charge < -0.3 is 19.5 Å². The first-order valence-corrected chi connectivity index (χ1v) is 12.0. The molecule has 2 aliphatic rings. The minimum absolute atomic E-state index is 0.180. The third kappa shape index (κ3) is 5.16. The zero-order valence-corrected chi connectivity index (χ0v) is 17.9. The van der Waals surface area contributed by atoms with Crippen LogP contribution >= 0.6 is 0 Å². The van der Waals surface area contributed by atoms with Gasteiger partial charge in [-0.15, -0.1) is 0 Å². The molecule has 8 nitrogen and oxygen atoms in total. The molecule has 1 aliphatic carbocycles. The van der Waals surface area contributed by atoms with Crippen molar-refractivity contribution in [3.8, 4) is 11.5 Å². The van der Waals surface area contributed by atoms with E-state index in [1.807, 2.05) is 0 Å². The summed E-state index contributed by atoms with van der Waals surface area (Å²) in [5.41, 5.74) is 1.16. The molecular weight excluding hydrogens is 422 g/mol. The number of anilines is 1. The van der Waals surface area contributed by atoms with Crippen molar-refractivity contribution in [3.05, 3.63) is 53.6 Å². The lowest BCUT2D eigenvalue weighted by atomic mass is 10.1. The lowest BCUT2D eigenvalue weighted by Gasteiger charge is -2.21. The lowest BCUT2D eigenvalue weighted by molar-refractivity contribution is -0.119. The van der Waals surface area contributed by atoms with Crippen LogP contribution in [0.3, 0.4) is 0 Å². The first kappa shape index (κ1) is 21.2. The monoisotopic (exact) mass is 445 g/mol. The maximum absolute atomic E-state index is 12.2. The zero-order chi connectivity index (χ0) is 22.1. The van der Waals surface area contributed by atoms with Crippen molar-refractivity contribution in [2.75, 3.05) is 18.2 Å². The van der Waals surface area contributed by atoms with Crippen LogP contribution in [-0.4, -0.2) is 38.9 Å². The molecule has 0 atom stereocenters. The molecule has 0 aromatic heterocycles. The number of hydrogen-bond acceptors (Lipinski definition) is 7. The number of rotatable bonds is 6. The van der Waals surface area contributed by atoms with Gasteiger partial charge in [0.1, 0.15) is 0 Å². The van der Waals surface area contributed by atoms with Crippen LogP contribution in [0.25, 0.3) is 0 Å². The predicted octanol–water partition coefficient (Wildman–Crippen LogP) is 3.07. The summed E-state index contributed by atoms with van der Waals surface area (Å²) in [7, 11) is -3.23. The molecule has 164 valence electrons. The SMILES string of the molecule is CS(=O)(=O)Cc1cccc(C(=O)OCC(=O)Nc2ccc3c(c2)OC2(CCCC2)O3)c1. The summed E-state index contributed by atoms with van der Waals surface area (Å²) in [6, 6.07) is 11.3. The Kier molecular flexibility index (Phi) is 5.62. The van der Waals surface area contributed by atoms with Gasteiger partial charge in [0.15, 0.2) is 27.9 Å². The van der Waals surface area contributed by atoms with E-state index in [4.69, 9.17) is 14.2 Å². The minimum atomic E-state index is -3.23. The highest BCUT2D eigenvalue weighted by atomic mass is 32.2. The van der Waals surface area contributed by atoms with Crippen LogP contribution in [0.2, 0.25) is 0 Å². The van der Waals surface area contributed by atoms with Crippen LogP contribution in [-0.2, 0) is 25.1 Å². The van der Waals surface area contributed by atoms with Crippen LogP contribution in [0, 0.1) is 0 Å². The largest absolute Gasteiger partial charge is 0.452 e. The number of ether oxygens (including phenoxy) is 3. The van der Waals surface area contributed by atoms with Crippen molar-refractivity contribution in [2.45, 2.75) is 37.2 Å². The fourth-order valence-corrected chi connectivity index (χ4v) is 4.58. The van der Waals surface area contributed by atoms with Gasteiger partial charge in [0.2, 0.25) is 0 Å². The summed E-state index contributed by atoms with van der Waals surface area (Å²) in [5, 5.41) is 2.67. The third-order valence-electron chi connectivity index (χ3n) is 5.11. The Bertz CT molecular complexity index is 1120. The van der Waals surface area contributed by atoms with Crippen molar-refractivity contribution in [2.24, 2.45) is 0 Å². The van der Waals surface area contributed by atoms with E-state index < -0.39 is 34.1 Å². The van der Waals surface area contributed by atoms with Crippen LogP contribution < -0.4 is 14.8 Å². The number of esters is 1. The molecular formula is C22H23NO7S. The quantitative estimate of drug-likeness (QED) is 0.681. The number of hydrogen-bond donors (Lipinski definition) is 1. The molecule has 2 aromatic carbocycles. The van der Waals surface area contributed by atoms with Gasteiger partial charge in [-0.1, -0.05) is 12.1 Å². The molecule has 1 amide bonds. The van der Waals surface area contributed by atoms with Gasteiger partial charge in [-0.3, -0.25) is 4.79 Å². The molecule has 2 aromatic rings. The Balaban J connectivity index is 1.32. The third-order valence-corrected chi connectivity index (χ3v) is 5.97. The fourth-order valence-electron chi connectivity index (χ4n) is 3.79. The van der Waals surface area contributed by atoms with Gasteiger partial charge in [-0.25, -0.2) is 13.2 Å². The number of carbonyl (C=O) groups excluding carboxylic acids is 2. The van der Waals surface area contributed by atoms with Crippen LogP contribution in [0.15, 0.2) is 42.5 Å². The average Bonchev–Trinajstić information content (AvgIpc) is 3.30. The molecule has 1 N–H and O–H groups in total. The number of sulfone groups is 1. The molecule has 31 heavy (non-hydrogen) atoms. The molecule has 0 unspecified atom stereocenters. The second-order valence-corrected chi connectivity index (χ2v) is 10.0. The molecule has 1 heterocycles. The highest BCUT2D eigenvalue weighted by Crippen LogP contribution is 2.47. The predicted molar refractivity (Wildman–Crippen MR) is 113 cm³/mol. The number of amides is 1. The van der Waals surface area contributed by atoms with E-state index in [1.54, 1.807) is 30.3 Å². The van der Waals surface area contributed by atoms with Gasteiger partial charge in [0.25, 0.3) is 11.7 Å². The second kappa shape index (κ2) is 8.22. The summed E-state index contributed by atoms with van der Waals surface area (Å²) in [5.74, 6) is -0.735. The Labute approximate surface area is 180 Å². The van der Waals surface area contributed by atoms with E-state index in [2.05, 4.69) is 5.32 Å². The molecule has 1 spiro atoms. The molecule has 1 saturated carbocycles. The maximum atomic E-state index is 12.2. The molecule has 9 heteroatoms. The van der Waals surface area contributed by atoms with Crippen molar-refractivity contribution in [1.82, 2.24) is 0 Å². The summed E-state index contributed by atoms with van der Waals surface area (Å²) >= 11 is 0. The Morgan fingerprint density at radius 2 is 1.81 bits per heavy atom. The summed E-state index contributed by atoms with van der Waals surface area (Å²) in [6.07, 6.45) is 4.90. The number of carbonyl (C=O) groups is 2. The number of benzene rings is 2. The van der Waals surface area contributed by atoms with Gasteiger partial charge in [0, 0.05) is 30.9 Å². The normalized spacial score (nSPS) is 16.3. The van der Waals surface area contributed by atoms with Gasteiger partial charge in [-0.2, -0.15) is 0 Å². The highest BCUT2D eigenvalue weighted by Gasteiger charge is 2.44. The molecule has 0 bridgehead atoms. The van der Waals surface area contributed by atoms with Gasteiger partial charge in [0.05, 0.1) is 11.3 Å². The van der Waals surface area contributed by atoms with E-state index in [-0.39, 0.29) is 11.3 Å². The molecule has 4 rings (SSSR count). The van der Waals surface area contributed by atoms with Crippen LogP contribution in [0.1, 0.15) is 41.6 Å². The Morgan fingerprint density at radius 1 is 1.06 bits per heavy atom. The molecule has 1 fully saturated rings. The van der Waals surface area contributed by atoms with E-state index in [1.165, 1.54) is 12.1 Å². The van der Waals surface area contributed by atoms with Crippen molar-refractivity contribution < 1.29 is 32.2 Å². The first-order chi connectivity index (χ1) is 14.7. The van der Waals surface area contributed by atoms with Crippen molar-refractivity contribution in [1.29, 1.82) is 0 Å². The summed E-state index contributed by atoms with van der Waals surface area (Å²) < 4.78 is 39.8. The van der Waals surface area contributed by atoms with Gasteiger partial charge >= 0.3 is 5.97 Å².